The quantitative estimate of drug-likeness (QED) is 0.762. The molecule has 0 spiro atoms. The predicted octanol–water partition coefficient (Wildman–Crippen LogP) is 2.37. The third kappa shape index (κ3) is 3.11. The van der Waals surface area contributed by atoms with Crippen molar-refractivity contribution >= 4 is 6.03 Å². The number of hydrogen-bond donors (Lipinski definition) is 1. The summed E-state index contributed by atoms with van der Waals surface area (Å²) >= 11 is 0. The van der Waals surface area contributed by atoms with Crippen LogP contribution in [0.5, 0.6) is 0 Å². The first-order chi connectivity index (χ1) is 7.36. The van der Waals surface area contributed by atoms with Gasteiger partial charge in [0, 0.05) is 19.6 Å². The van der Waals surface area contributed by atoms with E-state index in [4.69, 9.17) is 0 Å². The Morgan fingerprint density at radius 1 is 1.20 bits per heavy atom. The monoisotopic (exact) mass is 210 g/mol. The van der Waals surface area contributed by atoms with Crippen molar-refractivity contribution < 1.29 is 4.79 Å². The van der Waals surface area contributed by atoms with Crippen molar-refractivity contribution in [2.75, 3.05) is 19.6 Å². The summed E-state index contributed by atoms with van der Waals surface area (Å²) in [7, 11) is 0. The summed E-state index contributed by atoms with van der Waals surface area (Å²) in [6.07, 6.45) is 9.31. The third-order valence-corrected chi connectivity index (χ3v) is 3.70. The molecule has 0 aromatic carbocycles. The van der Waals surface area contributed by atoms with Crippen LogP contribution >= 0.6 is 0 Å². The highest BCUT2D eigenvalue weighted by Crippen LogP contribution is 2.26. The average molecular weight is 210 g/mol. The minimum atomic E-state index is 0.150. The summed E-state index contributed by atoms with van der Waals surface area (Å²) in [5, 5.41) is 2.91. The number of amides is 2. The van der Waals surface area contributed by atoms with Gasteiger partial charge in [-0.2, -0.15) is 0 Å². The van der Waals surface area contributed by atoms with E-state index in [0.717, 1.165) is 32.0 Å². The van der Waals surface area contributed by atoms with Gasteiger partial charge in [-0.1, -0.05) is 32.1 Å². The van der Waals surface area contributed by atoms with Crippen molar-refractivity contribution in [3.63, 3.8) is 0 Å². The predicted molar refractivity (Wildman–Crippen MR) is 60.8 cm³/mol. The Kier molecular flexibility index (Phi) is 3.87. The van der Waals surface area contributed by atoms with Crippen LogP contribution in [-0.2, 0) is 0 Å². The molecule has 2 aliphatic rings. The van der Waals surface area contributed by atoms with Crippen LogP contribution in [0.25, 0.3) is 0 Å². The summed E-state index contributed by atoms with van der Waals surface area (Å²) in [6.45, 7) is 2.79. The zero-order valence-corrected chi connectivity index (χ0v) is 9.50. The van der Waals surface area contributed by atoms with Crippen LogP contribution < -0.4 is 5.32 Å². The largest absolute Gasteiger partial charge is 0.338 e. The van der Waals surface area contributed by atoms with Gasteiger partial charge < -0.3 is 10.2 Å². The van der Waals surface area contributed by atoms with Gasteiger partial charge in [0.05, 0.1) is 0 Å². The van der Waals surface area contributed by atoms with Crippen LogP contribution in [0.4, 0.5) is 4.79 Å². The van der Waals surface area contributed by atoms with Gasteiger partial charge in [-0.25, -0.2) is 4.79 Å². The first-order valence-corrected chi connectivity index (χ1v) is 6.39. The molecular formula is C12H22N2O. The minimum absolute atomic E-state index is 0.150. The normalized spacial score (nSPS) is 24.0. The standard InChI is InChI=1S/C12H22N2O/c15-12-13-8-4-9-14(12)10-7-11-5-2-1-3-6-11/h11H,1-10H2,(H,13,15). The lowest BCUT2D eigenvalue weighted by molar-refractivity contribution is 0.178. The Morgan fingerprint density at radius 3 is 2.73 bits per heavy atom. The van der Waals surface area contributed by atoms with Crippen molar-refractivity contribution in [1.29, 1.82) is 0 Å². The molecule has 1 aliphatic heterocycles. The number of rotatable bonds is 3. The second-order valence-corrected chi connectivity index (χ2v) is 4.87. The van der Waals surface area contributed by atoms with Gasteiger partial charge in [0.2, 0.25) is 0 Å². The molecule has 86 valence electrons. The van der Waals surface area contributed by atoms with Crippen molar-refractivity contribution in [1.82, 2.24) is 10.2 Å². The molecule has 0 aromatic rings. The van der Waals surface area contributed by atoms with Gasteiger partial charge in [0.1, 0.15) is 0 Å². The molecule has 0 unspecified atom stereocenters. The minimum Gasteiger partial charge on any atom is -0.338 e. The van der Waals surface area contributed by atoms with Crippen LogP contribution in [0.15, 0.2) is 0 Å². The van der Waals surface area contributed by atoms with Crippen LogP contribution in [-0.4, -0.2) is 30.6 Å². The third-order valence-electron chi connectivity index (χ3n) is 3.70. The number of carbonyl (C=O) groups is 1. The molecule has 0 atom stereocenters. The van der Waals surface area contributed by atoms with E-state index in [2.05, 4.69) is 5.32 Å². The summed E-state index contributed by atoms with van der Waals surface area (Å²) in [6, 6.07) is 0.150. The second-order valence-electron chi connectivity index (χ2n) is 4.87. The fraction of sp³-hybridized carbons (Fsp3) is 0.917. The molecule has 15 heavy (non-hydrogen) atoms. The number of nitrogens with one attached hydrogen (secondary N) is 1. The van der Waals surface area contributed by atoms with Gasteiger partial charge in [-0.05, 0) is 18.8 Å². The number of urea groups is 1. The summed E-state index contributed by atoms with van der Waals surface area (Å²) in [4.78, 5) is 13.5. The lowest BCUT2D eigenvalue weighted by Crippen LogP contribution is -2.46. The first kappa shape index (κ1) is 10.8. The molecule has 1 aliphatic carbocycles. The molecule has 2 amide bonds. The van der Waals surface area contributed by atoms with Gasteiger partial charge in [0.15, 0.2) is 0 Å². The lowest BCUT2D eigenvalue weighted by Gasteiger charge is -2.30. The van der Waals surface area contributed by atoms with Crippen LogP contribution in [0.1, 0.15) is 44.9 Å². The van der Waals surface area contributed by atoms with Crippen molar-refractivity contribution in [3.8, 4) is 0 Å². The van der Waals surface area contributed by atoms with Crippen LogP contribution in [0, 0.1) is 5.92 Å². The molecule has 0 aromatic heterocycles. The number of nitrogens with zero attached hydrogens (tertiary/aromatic N) is 1. The van der Waals surface area contributed by atoms with E-state index in [1.54, 1.807) is 0 Å². The van der Waals surface area contributed by atoms with Gasteiger partial charge in [0.25, 0.3) is 0 Å². The van der Waals surface area contributed by atoms with E-state index in [1.165, 1.54) is 38.5 Å². The molecule has 3 heteroatoms. The Balaban J connectivity index is 1.69. The molecule has 2 fully saturated rings. The van der Waals surface area contributed by atoms with E-state index in [-0.39, 0.29) is 6.03 Å². The maximum absolute atomic E-state index is 11.5. The molecule has 1 heterocycles. The summed E-state index contributed by atoms with van der Waals surface area (Å²) in [5.41, 5.74) is 0. The Hall–Kier alpha value is -0.730. The first-order valence-electron chi connectivity index (χ1n) is 6.39. The maximum Gasteiger partial charge on any atom is 0.317 e. The topological polar surface area (TPSA) is 32.3 Å². The molecule has 1 saturated carbocycles. The van der Waals surface area contributed by atoms with Crippen LogP contribution in [0.3, 0.4) is 0 Å². The molecule has 2 rings (SSSR count). The van der Waals surface area contributed by atoms with Crippen molar-refractivity contribution in [2.45, 2.75) is 44.9 Å². The zero-order valence-electron chi connectivity index (χ0n) is 9.50. The SMILES string of the molecule is O=C1NCCCN1CCC1CCCCC1. The van der Waals surface area contributed by atoms with E-state index in [0.29, 0.717) is 0 Å². The highest BCUT2D eigenvalue weighted by atomic mass is 16.2. The average Bonchev–Trinajstić information content (AvgIpc) is 2.29. The Morgan fingerprint density at radius 2 is 2.00 bits per heavy atom. The van der Waals surface area contributed by atoms with E-state index < -0.39 is 0 Å². The van der Waals surface area contributed by atoms with Gasteiger partial charge in [-0.3, -0.25) is 0 Å². The molecule has 0 radical (unpaired) electrons. The smallest absolute Gasteiger partial charge is 0.317 e. The van der Waals surface area contributed by atoms with Gasteiger partial charge >= 0.3 is 6.03 Å². The van der Waals surface area contributed by atoms with Crippen LogP contribution in [0.2, 0.25) is 0 Å². The Labute approximate surface area is 92.2 Å². The fourth-order valence-electron chi connectivity index (χ4n) is 2.71. The van der Waals surface area contributed by atoms with E-state index in [9.17, 15) is 4.79 Å². The van der Waals surface area contributed by atoms with Gasteiger partial charge in [-0.15, -0.1) is 0 Å². The second kappa shape index (κ2) is 5.38. The highest BCUT2D eigenvalue weighted by molar-refractivity contribution is 5.74. The van der Waals surface area contributed by atoms with E-state index >= 15 is 0 Å². The van der Waals surface area contributed by atoms with E-state index in [1.807, 2.05) is 4.90 Å². The summed E-state index contributed by atoms with van der Waals surface area (Å²) < 4.78 is 0. The highest BCUT2D eigenvalue weighted by Gasteiger charge is 2.19. The number of carbonyl (C=O) groups excluding carboxylic acids is 1. The molecule has 1 N–H and O–H groups in total. The molecule has 3 nitrogen and oxygen atoms in total. The molecular weight excluding hydrogens is 188 g/mol. The number of hydrogen-bond acceptors (Lipinski definition) is 1. The maximum atomic E-state index is 11.5. The molecule has 0 bridgehead atoms. The van der Waals surface area contributed by atoms with Crippen molar-refractivity contribution in [2.24, 2.45) is 5.92 Å². The summed E-state index contributed by atoms with van der Waals surface area (Å²) in [5.74, 6) is 0.883. The zero-order chi connectivity index (χ0) is 10.5. The Bertz CT molecular complexity index is 212. The van der Waals surface area contributed by atoms with Crippen molar-refractivity contribution in [3.05, 3.63) is 0 Å². The molecule has 1 saturated heterocycles. The lowest BCUT2D eigenvalue weighted by atomic mass is 9.87. The fourth-order valence-corrected chi connectivity index (χ4v) is 2.71.